The Morgan fingerprint density at radius 2 is 0.790 bits per heavy atom. The van der Waals surface area contributed by atoms with Crippen molar-refractivity contribution < 1.29 is 48.8 Å². The van der Waals surface area contributed by atoms with Crippen molar-refractivity contribution in [2.75, 3.05) is 38.0 Å². The van der Waals surface area contributed by atoms with E-state index in [0.717, 1.165) is 106 Å². The van der Waals surface area contributed by atoms with Crippen molar-refractivity contribution in [3.05, 3.63) is 211 Å². The lowest BCUT2D eigenvalue weighted by Crippen LogP contribution is -2.27. The molecule has 0 unspecified atom stereocenters. The van der Waals surface area contributed by atoms with Gasteiger partial charge in [0.1, 0.15) is 14.1 Å². The monoisotopic (exact) mass is 1090 g/mol. The van der Waals surface area contributed by atoms with Crippen molar-refractivity contribution in [3.8, 4) is 0 Å². The molecule has 0 atom stereocenters. The summed E-state index contributed by atoms with van der Waals surface area (Å²) in [4.78, 5) is 53.1. The second-order valence-electron chi connectivity index (χ2n) is 24.7. The molecule has 0 amide bonds. The summed E-state index contributed by atoms with van der Waals surface area (Å²) in [7, 11) is 8.19. The zero-order valence-corrected chi connectivity index (χ0v) is 48.7. The average Bonchev–Trinajstić information content (AvgIpc) is 4.12. The topological polar surface area (TPSA) is 162 Å². The Bertz CT molecular complexity index is 3560. The van der Waals surface area contributed by atoms with Gasteiger partial charge in [-0.25, -0.2) is 19.2 Å². The molecule has 4 aromatic carbocycles. The van der Waals surface area contributed by atoms with Gasteiger partial charge in [0.05, 0.1) is 33.1 Å². The molecule has 416 valence electrons. The Morgan fingerprint density at radius 1 is 0.457 bits per heavy atom. The molecule has 0 fully saturated rings. The molecule has 4 aliphatic heterocycles. The second kappa shape index (κ2) is 20.3. The van der Waals surface area contributed by atoms with Crippen molar-refractivity contribution in [1.82, 2.24) is 0 Å². The van der Waals surface area contributed by atoms with Crippen LogP contribution in [0.25, 0.3) is 0 Å². The van der Waals surface area contributed by atoms with Crippen LogP contribution >= 0.6 is 0 Å². The van der Waals surface area contributed by atoms with Crippen LogP contribution in [-0.2, 0) is 21.7 Å². The van der Waals surface area contributed by atoms with Crippen LogP contribution in [0.3, 0.4) is 0 Å². The summed E-state index contributed by atoms with van der Waals surface area (Å²) in [6.07, 6.45) is 23.9. The smallest absolute Gasteiger partial charge is 0.335 e. The summed E-state index contributed by atoms with van der Waals surface area (Å²) in [6, 6.07) is 21.5. The molecule has 0 spiro atoms. The molecule has 10 rings (SSSR count). The van der Waals surface area contributed by atoms with Gasteiger partial charge in [-0.1, -0.05) is 52.0 Å². The SMILES string of the molecule is CN1C(=CC=C2CCCC(C=CC3=[N+](C)c4ccc(C(=O)O)cc4C3(C)C)=C2CC2=C(C=CC3=[N+](C)c4ccc(C(=O)O)cc4C3(C)C)CCCC2=CC=C2N(C)c3ccc(C(=O)O)cc3C2(C)C)C(C)(C)c2cc(C(=O)O)ccc21. The van der Waals surface area contributed by atoms with Crippen molar-refractivity contribution in [3.63, 3.8) is 0 Å². The Labute approximate surface area is 475 Å². The van der Waals surface area contributed by atoms with E-state index in [9.17, 15) is 39.6 Å². The molecule has 4 heterocycles. The molecule has 0 saturated heterocycles. The molecule has 4 N–H and O–H groups in total. The van der Waals surface area contributed by atoms with Crippen molar-refractivity contribution in [2.24, 2.45) is 0 Å². The minimum Gasteiger partial charge on any atom is -0.478 e. The van der Waals surface area contributed by atoms with Gasteiger partial charge in [-0.2, -0.15) is 9.15 Å². The standard InChI is InChI=1S/C69H72N4O8/c1-66(2)50-35-44(62(74)75)19-27-54(50)70(9)58(66)31-23-40-15-13-16-41(24-32-59-67(3,4)51-36-45(63(76)77)20-28-55(51)71(59)10)48(40)39-49-42(25-33-60-68(5,6)52-37-46(64(78)79)21-29-56(52)72(60)11)17-14-18-43(49)26-34-61-69(7,8)53-38-47(65(80)81)22-30-57(53)73(61)12/h19-38H,13-18,39H2,1-12H3,(H2-2,74,75,76,77,78,79,80,81)/p+2. The number of benzene rings is 4. The normalized spacial score (nSPS) is 21.6. The number of anilines is 2. The number of nitrogens with zero attached hydrogens (tertiary/aromatic N) is 4. The molecular formula is C69H74N4O8+2. The summed E-state index contributed by atoms with van der Waals surface area (Å²) in [5, 5.41) is 40.0. The molecule has 0 saturated carbocycles. The van der Waals surface area contributed by atoms with E-state index in [1.54, 1.807) is 48.5 Å². The fourth-order valence-electron chi connectivity index (χ4n) is 13.9. The number of carboxylic acids is 4. The summed E-state index contributed by atoms with van der Waals surface area (Å²) >= 11 is 0. The predicted molar refractivity (Wildman–Crippen MR) is 321 cm³/mol. The number of aromatic carboxylic acids is 4. The second-order valence-corrected chi connectivity index (χ2v) is 24.7. The first-order chi connectivity index (χ1) is 38.2. The van der Waals surface area contributed by atoms with Crippen LogP contribution in [0.1, 0.15) is 164 Å². The Morgan fingerprint density at radius 3 is 1.14 bits per heavy atom. The van der Waals surface area contributed by atoms with Crippen molar-refractivity contribution >= 4 is 58.1 Å². The maximum Gasteiger partial charge on any atom is 0.335 e. The first-order valence-electron chi connectivity index (χ1n) is 28.0. The lowest BCUT2D eigenvalue weighted by atomic mass is 9.76. The molecular weight excluding hydrogens is 1010 g/mol. The third-order valence-corrected chi connectivity index (χ3v) is 18.6. The number of allylic oxidation sites excluding steroid dienone is 16. The van der Waals surface area contributed by atoms with Gasteiger partial charge in [0.25, 0.3) is 0 Å². The third kappa shape index (κ3) is 9.45. The van der Waals surface area contributed by atoms with Gasteiger partial charge in [-0.15, -0.1) is 0 Å². The molecule has 0 bridgehead atoms. The highest BCUT2D eigenvalue weighted by Gasteiger charge is 2.46. The molecule has 0 aromatic heterocycles. The maximum atomic E-state index is 12.2. The van der Waals surface area contributed by atoms with Crippen LogP contribution in [0.2, 0.25) is 0 Å². The van der Waals surface area contributed by atoms with E-state index in [-0.39, 0.29) is 22.3 Å². The number of hydrogen-bond donors (Lipinski definition) is 4. The Balaban J connectivity index is 1.15. The Hall–Kier alpha value is -8.38. The highest BCUT2D eigenvalue weighted by molar-refractivity contribution is 6.05. The lowest BCUT2D eigenvalue weighted by Gasteiger charge is -2.28. The first kappa shape index (κ1) is 55.9. The van der Waals surface area contributed by atoms with Gasteiger partial charge in [0.2, 0.25) is 11.4 Å². The summed E-state index contributed by atoms with van der Waals surface area (Å²) in [5.41, 5.74) is 18.4. The Kier molecular flexibility index (Phi) is 14.0. The van der Waals surface area contributed by atoms with E-state index in [2.05, 4.69) is 123 Å². The van der Waals surface area contributed by atoms with Crippen LogP contribution < -0.4 is 9.80 Å². The number of likely N-dealkylation sites (N-methyl/N-ethyl adjacent to an activating group) is 2. The van der Waals surface area contributed by atoms with Gasteiger partial charge in [-0.3, -0.25) is 0 Å². The predicted octanol–water partition coefficient (Wildman–Crippen LogP) is 14.1. The number of carbonyl (C=O) groups is 4. The fourth-order valence-corrected chi connectivity index (χ4v) is 13.9. The summed E-state index contributed by atoms with van der Waals surface area (Å²) in [6.45, 7) is 17.2. The molecule has 4 aromatic rings. The van der Waals surface area contributed by atoms with Crippen LogP contribution in [0, 0.1) is 0 Å². The average molecular weight is 1090 g/mol. The number of hydrogen-bond acceptors (Lipinski definition) is 6. The number of fused-ring (bicyclic) bond motifs is 4. The van der Waals surface area contributed by atoms with Crippen molar-refractivity contribution in [2.45, 2.75) is 122 Å². The largest absolute Gasteiger partial charge is 0.478 e. The van der Waals surface area contributed by atoms with E-state index < -0.39 is 45.5 Å². The van der Waals surface area contributed by atoms with E-state index in [4.69, 9.17) is 0 Å². The lowest BCUT2D eigenvalue weighted by molar-refractivity contribution is -0.401. The zero-order chi connectivity index (χ0) is 58.4. The van der Waals surface area contributed by atoms with E-state index >= 15 is 0 Å². The van der Waals surface area contributed by atoms with E-state index in [0.29, 0.717) is 6.42 Å². The molecule has 81 heavy (non-hydrogen) atoms. The van der Waals surface area contributed by atoms with Gasteiger partial charge >= 0.3 is 23.9 Å². The van der Waals surface area contributed by atoms with Crippen LogP contribution in [0.15, 0.2) is 166 Å². The van der Waals surface area contributed by atoms with Crippen molar-refractivity contribution in [1.29, 1.82) is 0 Å². The molecule has 12 nitrogen and oxygen atoms in total. The van der Waals surface area contributed by atoms with Crippen LogP contribution in [-0.4, -0.2) is 93.1 Å². The van der Waals surface area contributed by atoms with Gasteiger partial charge < -0.3 is 30.2 Å². The van der Waals surface area contributed by atoms with Gasteiger partial charge in [0, 0.05) is 83.1 Å². The van der Waals surface area contributed by atoms with Gasteiger partial charge in [-0.05, 0) is 190 Å². The highest BCUT2D eigenvalue weighted by Crippen LogP contribution is 2.50. The van der Waals surface area contributed by atoms with Crippen LogP contribution in [0.5, 0.6) is 0 Å². The molecule has 6 aliphatic rings. The van der Waals surface area contributed by atoms with E-state index in [1.165, 1.54) is 33.4 Å². The maximum absolute atomic E-state index is 12.2. The number of carboxylic acid groups (broad SMARTS) is 4. The summed E-state index contributed by atoms with van der Waals surface area (Å²) in [5.74, 6) is -3.84. The zero-order valence-electron chi connectivity index (χ0n) is 48.7. The van der Waals surface area contributed by atoms with E-state index in [1.807, 2.05) is 52.5 Å². The van der Waals surface area contributed by atoms with Gasteiger partial charge in [0.15, 0.2) is 11.4 Å². The minimum atomic E-state index is -0.959. The molecule has 2 aliphatic carbocycles. The first-order valence-corrected chi connectivity index (χ1v) is 28.0. The quantitative estimate of drug-likeness (QED) is 0.101. The fraction of sp³-hybridized carbons (Fsp3) is 0.333. The molecule has 12 heteroatoms. The van der Waals surface area contributed by atoms with Crippen LogP contribution in [0.4, 0.5) is 22.7 Å². The summed E-state index contributed by atoms with van der Waals surface area (Å²) < 4.78 is 4.35. The molecule has 0 radical (unpaired) electrons. The number of rotatable bonds is 12. The highest BCUT2D eigenvalue weighted by atomic mass is 16.4. The minimum absolute atomic E-state index is 0.256. The third-order valence-electron chi connectivity index (χ3n) is 18.6.